The van der Waals surface area contributed by atoms with Gasteiger partial charge in [0, 0.05) is 11.1 Å². The summed E-state index contributed by atoms with van der Waals surface area (Å²) in [6.07, 6.45) is 2.37. The minimum atomic E-state index is -0.207. The summed E-state index contributed by atoms with van der Waals surface area (Å²) >= 11 is 1.59. The lowest BCUT2D eigenvalue weighted by atomic mass is 9.97. The summed E-state index contributed by atoms with van der Waals surface area (Å²) < 4.78 is 0. The van der Waals surface area contributed by atoms with Crippen LogP contribution >= 0.6 is 11.3 Å². The van der Waals surface area contributed by atoms with E-state index < -0.39 is 0 Å². The molecule has 0 aliphatic carbocycles. The molecule has 2 aromatic heterocycles. The molecule has 0 fully saturated rings. The molecule has 0 aliphatic rings. The molecule has 0 aliphatic heterocycles. The third-order valence-corrected chi connectivity index (χ3v) is 4.13. The third-order valence-electron chi connectivity index (χ3n) is 3.43. The number of carbonyl (C=O) groups excluding carboxylic acids is 1. The number of nitrogens with zero attached hydrogens (tertiary/aromatic N) is 1. The number of nitrogens with two attached hydrogens (primary N) is 1. The SMILES string of the molecule is NCCC(C(=O)Nc1ccc2[nH]ncc2c1)c1ccsc1. The molecular formula is C15H16N4OS. The molecule has 2 heterocycles. The quantitative estimate of drug-likeness (QED) is 0.677. The lowest BCUT2D eigenvalue weighted by Crippen LogP contribution is -2.23. The normalized spacial score (nSPS) is 12.4. The summed E-state index contributed by atoms with van der Waals surface area (Å²) in [6, 6.07) is 7.65. The first-order valence-corrected chi connectivity index (χ1v) is 7.68. The second-order valence-corrected chi connectivity index (χ2v) is 5.63. The third kappa shape index (κ3) is 2.96. The standard InChI is InChI=1S/C15H16N4OS/c16-5-3-13(10-4-6-21-9-10)15(20)18-12-1-2-14-11(7-12)8-17-19-14/h1-2,4,6-9,13H,3,5,16H2,(H,17,19)(H,18,20). The van der Waals surface area contributed by atoms with Crippen LogP contribution in [0.4, 0.5) is 5.69 Å². The zero-order valence-electron chi connectivity index (χ0n) is 11.4. The summed E-state index contributed by atoms with van der Waals surface area (Å²) in [6.45, 7) is 0.481. The number of H-pyrrole nitrogens is 1. The molecule has 1 unspecified atom stereocenters. The zero-order valence-corrected chi connectivity index (χ0v) is 12.2. The van der Waals surface area contributed by atoms with Crippen LogP contribution in [-0.4, -0.2) is 22.6 Å². The van der Waals surface area contributed by atoms with Gasteiger partial charge in [-0.1, -0.05) is 0 Å². The van der Waals surface area contributed by atoms with Crippen molar-refractivity contribution in [2.45, 2.75) is 12.3 Å². The molecule has 1 amide bonds. The number of benzene rings is 1. The van der Waals surface area contributed by atoms with Crippen LogP contribution in [0.15, 0.2) is 41.2 Å². The Balaban J connectivity index is 1.80. The van der Waals surface area contributed by atoms with Crippen LogP contribution in [0.5, 0.6) is 0 Å². The first-order valence-electron chi connectivity index (χ1n) is 6.74. The minimum Gasteiger partial charge on any atom is -0.330 e. The lowest BCUT2D eigenvalue weighted by Gasteiger charge is -2.15. The Hall–Kier alpha value is -2.18. The molecule has 3 aromatic rings. The molecule has 1 aromatic carbocycles. The van der Waals surface area contributed by atoms with Crippen molar-refractivity contribution >= 4 is 33.8 Å². The number of aromatic nitrogens is 2. The first-order chi connectivity index (χ1) is 10.3. The number of thiophene rings is 1. The minimum absolute atomic E-state index is 0.0262. The van der Waals surface area contributed by atoms with Gasteiger partial charge in [-0.2, -0.15) is 16.4 Å². The van der Waals surface area contributed by atoms with Crippen LogP contribution in [0.2, 0.25) is 0 Å². The van der Waals surface area contributed by atoms with E-state index in [1.54, 1.807) is 17.5 Å². The highest BCUT2D eigenvalue weighted by molar-refractivity contribution is 7.08. The summed E-state index contributed by atoms with van der Waals surface area (Å²) in [7, 11) is 0. The molecule has 0 radical (unpaired) electrons. The maximum atomic E-state index is 12.5. The number of hydrogen-bond acceptors (Lipinski definition) is 4. The Kier molecular flexibility index (Phi) is 3.98. The predicted molar refractivity (Wildman–Crippen MR) is 85.5 cm³/mol. The molecule has 0 spiro atoms. The van der Waals surface area contributed by atoms with Crippen LogP contribution in [0.3, 0.4) is 0 Å². The van der Waals surface area contributed by atoms with Gasteiger partial charge >= 0.3 is 0 Å². The maximum Gasteiger partial charge on any atom is 0.231 e. The van der Waals surface area contributed by atoms with E-state index in [0.29, 0.717) is 13.0 Å². The topological polar surface area (TPSA) is 83.8 Å². The Morgan fingerprint density at radius 3 is 3.10 bits per heavy atom. The van der Waals surface area contributed by atoms with E-state index in [-0.39, 0.29) is 11.8 Å². The van der Waals surface area contributed by atoms with Gasteiger partial charge < -0.3 is 11.1 Å². The number of rotatable bonds is 5. The number of carbonyl (C=O) groups is 1. The maximum absolute atomic E-state index is 12.5. The van der Waals surface area contributed by atoms with E-state index in [1.807, 2.05) is 35.0 Å². The van der Waals surface area contributed by atoms with Gasteiger partial charge in [0.1, 0.15) is 0 Å². The van der Waals surface area contributed by atoms with Crippen LogP contribution < -0.4 is 11.1 Å². The molecule has 0 saturated carbocycles. The van der Waals surface area contributed by atoms with Gasteiger partial charge in [0.25, 0.3) is 0 Å². The van der Waals surface area contributed by atoms with E-state index in [0.717, 1.165) is 22.2 Å². The van der Waals surface area contributed by atoms with Crippen LogP contribution in [0.25, 0.3) is 10.9 Å². The number of hydrogen-bond donors (Lipinski definition) is 3. The van der Waals surface area contributed by atoms with Crippen molar-refractivity contribution in [3.63, 3.8) is 0 Å². The van der Waals surface area contributed by atoms with Crippen LogP contribution in [0, 0.1) is 0 Å². The molecule has 0 bridgehead atoms. The van der Waals surface area contributed by atoms with E-state index >= 15 is 0 Å². The van der Waals surface area contributed by atoms with Crippen molar-refractivity contribution in [1.29, 1.82) is 0 Å². The number of nitrogens with one attached hydrogen (secondary N) is 2. The highest BCUT2D eigenvalue weighted by Gasteiger charge is 2.20. The van der Waals surface area contributed by atoms with E-state index in [2.05, 4.69) is 15.5 Å². The van der Waals surface area contributed by atoms with Crippen molar-refractivity contribution in [2.75, 3.05) is 11.9 Å². The Morgan fingerprint density at radius 1 is 1.43 bits per heavy atom. The van der Waals surface area contributed by atoms with Crippen molar-refractivity contribution in [1.82, 2.24) is 10.2 Å². The fourth-order valence-electron chi connectivity index (χ4n) is 2.34. The summed E-state index contributed by atoms with van der Waals surface area (Å²) in [4.78, 5) is 12.5. The van der Waals surface area contributed by atoms with Gasteiger partial charge in [0.2, 0.25) is 5.91 Å². The lowest BCUT2D eigenvalue weighted by molar-refractivity contribution is -0.117. The van der Waals surface area contributed by atoms with E-state index in [1.165, 1.54) is 0 Å². The van der Waals surface area contributed by atoms with Crippen LogP contribution in [0.1, 0.15) is 17.9 Å². The molecule has 4 N–H and O–H groups in total. The number of anilines is 1. The molecule has 108 valence electrons. The molecule has 6 heteroatoms. The van der Waals surface area contributed by atoms with Crippen molar-refractivity contribution in [3.8, 4) is 0 Å². The Labute approximate surface area is 126 Å². The second-order valence-electron chi connectivity index (χ2n) is 4.85. The highest BCUT2D eigenvalue weighted by Crippen LogP contribution is 2.24. The number of fused-ring (bicyclic) bond motifs is 1. The molecule has 0 saturated heterocycles. The molecule has 3 rings (SSSR count). The van der Waals surface area contributed by atoms with Crippen molar-refractivity contribution in [2.24, 2.45) is 5.73 Å². The summed E-state index contributed by atoms with van der Waals surface area (Å²) in [5.41, 5.74) is 8.38. The number of aromatic amines is 1. The molecule has 1 atom stereocenters. The molecule has 21 heavy (non-hydrogen) atoms. The smallest absolute Gasteiger partial charge is 0.231 e. The van der Waals surface area contributed by atoms with Gasteiger partial charge in [0.15, 0.2) is 0 Å². The van der Waals surface area contributed by atoms with Crippen LogP contribution in [-0.2, 0) is 4.79 Å². The first kappa shape index (κ1) is 13.8. The average molecular weight is 300 g/mol. The highest BCUT2D eigenvalue weighted by atomic mass is 32.1. The largest absolute Gasteiger partial charge is 0.330 e. The molecular weight excluding hydrogens is 284 g/mol. The van der Waals surface area contributed by atoms with E-state index in [9.17, 15) is 4.79 Å². The second kappa shape index (κ2) is 6.07. The fraction of sp³-hybridized carbons (Fsp3) is 0.200. The fourth-order valence-corrected chi connectivity index (χ4v) is 3.05. The molecule has 5 nitrogen and oxygen atoms in total. The zero-order chi connectivity index (χ0) is 14.7. The Bertz CT molecular complexity index is 735. The summed E-state index contributed by atoms with van der Waals surface area (Å²) in [5.74, 6) is -0.233. The predicted octanol–water partition coefficient (Wildman–Crippen LogP) is 2.70. The Morgan fingerprint density at radius 2 is 2.33 bits per heavy atom. The van der Waals surface area contributed by atoms with Crippen molar-refractivity contribution in [3.05, 3.63) is 46.8 Å². The summed E-state index contributed by atoms with van der Waals surface area (Å²) in [5, 5.41) is 14.8. The van der Waals surface area contributed by atoms with Gasteiger partial charge in [-0.05, 0) is 53.6 Å². The van der Waals surface area contributed by atoms with Gasteiger partial charge in [-0.3, -0.25) is 9.89 Å². The van der Waals surface area contributed by atoms with Gasteiger partial charge in [-0.25, -0.2) is 0 Å². The number of amides is 1. The van der Waals surface area contributed by atoms with Crippen molar-refractivity contribution < 1.29 is 4.79 Å². The monoisotopic (exact) mass is 300 g/mol. The van der Waals surface area contributed by atoms with Gasteiger partial charge in [0.05, 0.1) is 17.6 Å². The van der Waals surface area contributed by atoms with E-state index in [4.69, 9.17) is 5.73 Å². The van der Waals surface area contributed by atoms with Gasteiger partial charge in [-0.15, -0.1) is 0 Å². The average Bonchev–Trinajstić information content (AvgIpc) is 3.15.